The van der Waals surface area contributed by atoms with Gasteiger partial charge >= 0.3 is 5.97 Å². The summed E-state index contributed by atoms with van der Waals surface area (Å²) in [6.45, 7) is 5.65. The van der Waals surface area contributed by atoms with E-state index in [4.69, 9.17) is 14.6 Å². The molecule has 0 saturated heterocycles. The zero-order chi connectivity index (χ0) is 27.1. The van der Waals surface area contributed by atoms with E-state index in [2.05, 4.69) is 6.07 Å². The van der Waals surface area contributed by atoms with E-state index < -0.39 is 12.1 Å². The molecule has 6 nitrogen and oxygen atoms in total. The van der Waals surface area contributed by atoms with Crippen LogP contribution in [0.1, 0.15) is 46.2 Å². The maximum absolute atomic E-state index is 14.8. The van der Waals surface area contributed by atoms with E-state index in [1.807, 2.05) is 45.0 Å². The summed E-state index contributed by atoms with van der Waals surface area (Å²) in [6.07, 6.45) is 0.544. The second-order valence-corrected chi connectivity index (χ2v) is 10.4. The molecule has 4 atom stereocenters. The summed E-state index contributed by atoms with van der Waals surface area (Å²) < 4.78 is 26.6. The van der Waals surface area contributed by atoms with Gasteiger partial charge in [-0.25, -0.2) is 4.39 Å². The van der Waals surface area contributed by atoms with E-state index in [1.54, 1.807) is 6.07 Å². The third-order valence-electron chi connectivity index (χ3n) is 7.85. The van der Waals surface area contributed by atoms with Crippen molar-refractivity contribution in [2.75, 3.05) is 13.2 Å². The van der Waals surface area contributed by atoms with Gasteiger partial charge < -0.3 is 24.8 Å². The van der Waals surface area contributed by atoms with E-state index in [1.165, 1.54) is 6.07 Å². The average Bonchev–Trinajstić information content (AvgIpc) is 3.49. The molecule has 1 saturated carbocycles. The standard InChI is InChI=1S/C31H33FO6/c1-4-18-10-24-20(11-25-29(24)30(25)31(35)36)12-27(18)38-14-21-9-19(5-6-26(21)32)28-16(2)7-23(8-17(28)3)37-15-22(34)13-33/h5-10,12,22,25,29-30,33-34H,4,11,13-15H2,1-3H3,(H,35,36). The van der Waals surface area contributed by atoms with Crippen LogP contribution in [-0.4, -0.2) is 40.6 Å². The lowest BCUT2D eigenvalue weighted by atomic mass is 9.94. The summed E-state index contributed by atoms with van der Waals surface area (Å²) >= 11 is 0. The molecule has 0 bridgehead atoms. The molecule has 4 unspecified atom stereocenters. The molecule has 38 heavy (non-hydrogen) atoms. The largest absolute Gasteiger partial charge is 0.491 e. The first kappa shape index (κ1) is 26.2. The monoisotopic (exact) mass is 520 g/mol. The van der Waals surface area contributed by atoms with E-state index in [9.17, 15) is 19.4 Å². The maximum Gasteiger partial charge on any atom is 0.307 e. The summed E-state index contributed by atoms with van der Waals surface area (Å²) in [5.41, 5.74) is 7.45. The van der Waals surface area contributed by atoms with Gasteiger partial charge in [-0.15, -0.1) is 0 Å². The molecule has 0 amide bonds. The fraction of sp³-hybridized carbons (Fsp3) is 0.387. The van der Waals surface area contributed by atoms with Gasteiger partial charge in [-0.3, -0.25) is 4.79 Å². The predicted molar refractivity (Wildman–Crippen MR) is 141 cm³/mol. The molecule has 3 aromatic rings. The molecule has 0 heterocycles. The number of aryl methyl sites for hydroxylation is 3. The molecule has 0 radical (unpaired) electrons. The molecule has 5 rings (SSSR count). The lowest BCUT2D eigenvalue weighted by molar-refractivity contribution is -0.139. The molecule has 0 aliphatic heterocycles. The first-order valence-electron chi connectivity index (χ1n) is 13.0. The van der Waals surface area contributed by atoms with Crippen LogP contribution in [0.15, 0.2) is 42.5 Å². The molecule has 0 aromatic heterocycles. The van der Waals surface area contributed by atoms with Crippen molar-refractivity contribution in [1.82, 2.24) is 0 Å². The summed E-state index contributed by atoms with van der Waals surface area (Å²) in [6, 6.07) is 12.8. The highest BCUT2D eigenvalue weighted by Crippen LogP contribution is 2.62. The van der Waals surface area contributed by atoms with E-state index in [0.717, 1.165) is 57.5 Å². The Labute approximate surface area is 221 Å². The number of fused-ring (bicyclic) bond motifs is 3. The first-order chi connectivity index (χ1) is 18.2. The van der Waals surface area contributed by atoms with Crippen LogP contribution >= 0.6 is 0 Å². The lowest BCUT2D eigenvalue weighted by Gasteiger charge is -2.17. The van der Waals surface area contributed by atoms with Gasteiger partial charge in [0.05, 0.1) is 12.5 Å². The quantitative estimate of drug-likeness (QED) is 0.350. The van der Waals surface area contributed by atoms with Gasteiger partial charge in [-0.2, -0.15) is 0 Å². The number of carboxylic acids is 1. The number of hydrogen-bond acceptors (Lipinski definition) is 5. The third kappa shape index (κ3) is 4.88. The Kier molecular flexibility index (Phi) is 7.16. The number of ether oxygens (including phenoxy) is 2. The predicted octanol–water partition coefficient (Wildman–Crippen LogP) is 4.95. The first-order valence-corrected chi connectivity index (χ1v) is 13.0. The molecular weight excluding hydrogens is 487 g/mol. The van der Waals surface area contributed by atoms with Crippen molar-refractivity contribution in [2.24, 2.45) is 11.8 Å². The Morgan fingerprint density at radius 1 is 1.08 bits per heavy atom. The number of aliphatic carboxylic acids is 1. The number of hydrogen-bond donors (Lipinski definition) is 3. The summed E-state index contributed by atoms with van der Waals surface area (Å²) in [4.78, 5) is 11.5. The molecule has 1 fully saturated rings. The SMILES string of the molecule is CCc1cc2c(cc1OCc1cc(-c3c(C)cc(OCC(O)CO)cc3C)ccc1F)CC1C(C(=O)O)C21. The van der Waals surface area contributed by atoms with Crippen LogP contribution in [-0.2, 0) is 24.2 Å². The van der Waals surface area contributed by atoms with Crippen molar-refractivity contribution in [3.05, 3.63) is 81.7 Å². The van der Waals surface area contributed by atoms with Crippen molar-refractivity contribution in [2.45, 2.75) is 52.2 Å². The Balaban J connectivity index is 1.35. The topological polar surface area (TPSA) is 96.2 Å². The van der Waals surface area contributed by atoms with Crippen LogP contribution in [0.4, 0.5) is 4.39 Å². The molecule has 3 aromatic carbocycles. The summed E-state index contributed by atoms with van der Waals surface area (Å²) in [5, 5.41) is 28.0. The Hall–Kier alpha value is -3.42. The Bertz CT molecular complexity index is 1360. The van der Waals surface area contributed by atoms with Crippen molar-refractivity contribution in [3.63, 3.8) is 0 Å². The minimum Gasteiger partial charge on any atom is -0.491 e. The number of benzene rings is 3. The molecule has 200 valence electrons. The van der Waals surface area contributed by atoms with Crippen LogP contribution in [0, 0.1) is 31.5 Å². The average molecular weight is 521 g/mol. The molecule has 7 heteroatoms. The number of aliphatic hydroxyl groups excluding tert-OH is 2. The van der Waals surface area contributed by atoms with E-state index in [0.29, 0.717) is 11.3 Å². The highest BCUT2D eigenvalue weighted by atomic mass is 19.1. The Morgan fingerprint density at radius 3 is 2.47 bits per heavy atom. The Morgan fingerprint density at radius 2 is 1.82 bits per heavy atom. The number of carboxylic acid groups (broad SMARTS) is 1. The zero-order valence-corrected chi connectivity index (χ0v) is 21.8. The van der Waals surface area contributed by atoms with Gasteiger partial charge in [0, 0.05) is 11.5 Å². The smallest absolute Gasteiger partial charge is 0.307 e. The molecule has 0 spiro atoms. The number of halogens is 1. The van der Waals surface area contributed by atoms with Gasteiger partial charge in [0.1, 0.15) is 36.6 Å². The zero-order valence-electron chi connectivity index (χ0n) is 21.8. The number of aliphatic hydroxyl groups is 2. The fourth-order valence-electron chi connectivity index (χ4n) is 5.93. The third-order valence-corrected chi connectivity index (χ3v) is 7.85. The second-order valence-electron chi connectivity index (χ2n) is 10.4. The normalized spacial score (nSPS) is 20.0. The number of rotatable bonds is 10. The highest BCUT2D eigenvalue weighted by Gasteiger charge is 2.59. The molecule has 2 aliphatic rings. The molecular formula is C31H33FO6. The van der Waals surface area contributed by atoms with Gasteiger partial charge in [0.2, 0.25) is 0 Å². The van der Waals surface area contributed by atoms with Crippen molar-refractivity contribution >= 4 is 5.97 Å². The van der Waals surface area contributed by atoms with Crippen LogP contribution in [0.2, 0.25) is 0 Å². The highest BCUT2D eigenvalue weighted by molar-refractivity contribution is 5.78. The van der Waals surface area contributed by atoms with Crippen molar-refractivity contribution in [3.8, 4) is 22.6 Å². The van der Waals surface area contributed by atoms with Gasteiger partial charge in [-0.05, 0) is 102 Å². The van der Waals surface area contributed by atoms with E-state index in [-0.39, 0.29) is 43.4 Å². The molecule has 3 N–H and O–H groups in total. The summed E-state index contributed by atoms with van der Waals surface area (Å²) in [5.74, 6) is 0.287. The van der Waals surface area contributed by atoms with Crippen LogP contribution < -0.4 is 9.47 Å². The van der Waals surface area contributed by atoms with Crippen LogP contribution in [0.25, 0.3) is 11.1 Å². The van der Waals surface area contributed by atoms with Gasteiger partial charge in [0.25, 0.3) is 0 Å². The van der Waals surface area contributed by atoms with E-state index >= 15 is 0 Å². The van der Waals surface area contributed by atoms with Crippen LogP contribution in [0.3, 0.4) is 0 Å². The number of carbonyl (C=O) groups is 1. The lowest BCUT2D eigenvalue weighted by Crippen LogP contribution is -2.21. The minimum absolute atomic E-state index is 0.00332. The van der Waals surface area contributed by atoms with Gasteiger partial charge in [-0.1, -0.05) is 19.1 Å². The van der Waals surface area contributed by atoms with Gasteiger partial charge in [0.15, 0.2) is 0 Å². The van der Waals surface area contributed by atoms with Crippen molar-refractivity contribution < 1.29 is 34.0 Å². The second kappa shape index (κ2) is 10.4. The maximum atomic E-state index is 14.8. The summed E-state index contributed by atoms with van der Waals surface area (Å²) in [7, 11) is 0. The fourth-order valence-corrected chi connectivity index (χ4v) is 5.93. The molecule has 2 aliphatic carbocycles. The van der Waals surface area contributed by atoms with Crippen molar-refractivity contribution in [1.29, 1.82) is 0 Å². The van der Waals surface area contributed by atoms with Crippen LogP contribution in [0.5, 0.6) is 11.5 Å². The minimum atomic E-state index is -0.943.